The second-order valence-electron chi connectivity index (χ2n) is 9.85. The molecule has 2 atom stereocenters. The van der Waals surface area contributed by atoms with Crippen LogP contribution in [0, 0.1) is 29.5 Å². The maximum atomic E-state index is 14.9. The molecular formula is C25H29F2N7O4. The summed E-state index contributed by atoms with van der Waals surface area (Å²) in [5.41, 5.74) is 0.612. The summed E-state index contributed by atoms with van der Waals surface area (Å²) < 4.78 is 39.9. The number of nitrogens with zero attached hydrogens (tertiary/aromatic N) is 5. The molecule has 0 unspecified atom stereocenters. The Balaban J connectivity index is 1.38. The Morgan fingerprint density at radius 2 is 1.92 bits per heavy atom. The molecule has 2 aliphatic carbocycles. The Kier molecular flexibility index (Phi) is 7.09. The number of methoxy groups -OCH3 is 1. The molecule has 0 bridgehead atoms. The van der Waals surface area contributed by atoms with Crippen LogP contribution < -0.4 is 15.4 Å². The van der Waals surface area contributed by atoms with Gasteiger partial charge in [0.15, 0.2) is 5.69 Å². The van der Waals surface area contributed by atoms with E-state index < -0.39 is 35.7 Å². The van der Waals surface area contributed by atoms with Crippen LogP contribution in [0.4, 0.5) is 14.5 Å². The smallest absolute Gasteiger partial charge is 0.276 e. The third-order valence-corrected chi connectivity index (χ3v) is 7.22. The van der Waals surface area contributed by atoms with E-state index in [1.165, 1.54) is 24.1 Å². The number of nitrogens with one attached hydrogen (secondary N) is 2. The normalized spacial score (nSPS) is 16.8. The van der Waals surface area contributed by atoms with E-state index >= 15 is 0 Å². The van der Waals surface area contributed by atoms with Crippen molar-refractivity contribution in [2.45, 2.75) is 58.0 Å². The van der Waals surface area contributed by atoms with Crippen LogP contribution in [-0.4, -0.2) is 50.0 Å². The number of carbonyl (C=O) groups is 2. The molecule has 0 saturated heterocycles. The van der Waals surface area contributed by atoms with E-state index in [2.05, 4.69) is 31.0 Å². The predicted octanol–water partition coefficient (Wildman–Crippen LogP) is 3.29. The molecule has 2 N–H and O–H groups in total. The number of hydrogen-bond acceptors (Lipinski definition) is 8. The molecule has 0 spiro atoms. The number of aryl methyl sites for hydroxylation is 1. The van der Waals surface area contributed by atoms with Gasteiger partial charge in [0.1, 0.15) is 23.2 Å². The molecule has 202 valence electrons. The fourth-order valence-corrected chi connectivity index (χ4v) is 4.97. The van der Waals surface area contributed by atoms with Crippen molar-refractivity contribution in [1.82, 2.24) is 30.4 Å². The average Bonchev–Trinajstić information content (AvgIpc) is 3.84. The number of rotatable bonds is 11. The molecule has 0 radical (unpaired) electrons. The Bertz CT molecular complexity index is 1320. The quantitative estimate of drug-likeness (QED) is 0.386. The summed E-state index contributed by atoms with van der Waals surface area (Å²) in [7, 11) is 1.40. The summed E-state index contributed by atoms with van der Waals surface area (Å²) in [5.74, 6) is -1.90. The van der Waals surface area contributed by atoms with Gasteiger partial charge in [-0.3, -0.25) is 14.3 Å². The molecule has 2 aliphatic rings. The highest BCUT2D eigenvalue weighted by Gasteiger charge is 2.48. The summed E-state index contributed by atoms with van der Waals surface area (Å²) in [6, 6.07) is -0.322. The minimum atomic E-state index is -0.915. The lowest BCUT2D eigenvalue weighted by atomic mass is 9.88. The van der Waals surface area contributed by atoms with Crippen LogP contribution in [0.2, 0.25) is 0 Å². The molecule has 3 aromatic rings. The number of halogens is 2. The summed E-state index contributed by atoms with van der Waals surface area (Å²) in [6.07, 6.45) is 6.67. The number of amides is 2. The molecule has 0 aliphatic heterocycles. The third-order valence-electron chi connectivity index (χ3n) is 7.22. The van der Waals surface area contributed by atoms with Gasteiger partial charge in [0.25, 0.3) is 11.9 Å². The largest absolute Gasteiger partial charge is 0.481 e. The first kappa shape index (κ1) is 25.7. The van der Waals surface area contributed by atoms with Crippen molar-refractivity contribution < 1.29 is 27.7 Å². The topological polar surface area (TPSA) is 137 Å². The monoisotopic (exact) mass is 529 g/mol. The zero-order valence-electron chi connectivity index (χ0n) is 21.3. The van der Waals surface area contributed by atoms with Crippen LogP contribution in [0.5, 0.6) is 5.88 Å². The van der Waals surface area contributed by atoms with Crippen molar-refractivity contribution in [2.24, 2.45) is 17.8 Å². The Morgan fingerprint density at radius 3 is 2.55 bits per heavy atom. The average molecular weight is 530 g/mol. The molecule has 5 rings (SSSR count). The van der Waals surface area contributed by atoms with Gasteiger partial charge < -0.3 is 15.4 Å². The van der Waals surface area contributed by atoms with E-state index in [1.807, 2.05) is 6.92 Å². The van der Waals surface area contributed by atoms with E-state index in [0.29, 0.717) is 29.5 Å². The van der Waals surface area contributed by atoms with Crippen LogP contribution in [0.25, 0.3) is 0 Å². The van der Waals surface area contributed by atoms with E-state index in [0.717, 1.165) is 31.9 Å². The van der Waals surface area contributed by atoms with Crippen LogP contribution in [0.1, 0.15) is 67.3 Å². The maximum Gasteiger partial charge on any atom is 0.276 e. The number of aromatic nitrogens is 5. The van der Waals surface area contributed by atoms with Gasteiger partial charge in [0.2, 0.25) is 11.8 Å². The van der Waals surface area contributed by atoms with Gasteiger partial charge in [0, 0.05) is 5.56 Å². The number of pyridine rings is 1. The van der Waals surface area contributed by atoms with E-state index in [9.17, 15) is 18.4 Å². The number of anilines is 1. The highest BCUT2D eigenvalue weighted by Crippen LogP contribution is 2.51. The second-order valence-corrected chi connectivity index (χ2v) is 9.85. The predicted molar refractivity (Wildman–Crippen MR) is 129 cm³/mol. The van der Waals surface area contributed by atoms with Crippen LogP contribution >= 0.6 is 0 Å². The van der Waals surface area contributed by atoms with Gasteiger partial charge >= 0.3 is 0 Å². The Hall–Kier alpha value is -3.90. The zero-order valence-corrected chi connectivity index (χ0v) is 21.3. The highest BCUT2D eigenvalue weighted by molar-refractivity contribution is 6.01. The molecule has 11 nitrogen and oxygen atoms in total. The van der Waals surface area contributed by atoms with Crippen molar-refractivity contribution >= 4 is 17.5 Å². The molecular weight excluding hydrogens is 500 g/mol. The molecule has 3 aromatic heterocycles. The van der Waals surface area contributed by atoms with Crippen molar-refractivity contribution in [2.75, 3.05) is 12.4 Å². The van der Waals surface area contributed by atoms with E-state index in [1.54, 1.807) is 6.92 Å². The highest BCUT2D eigenvalue weighted by atomic mass is 19.1. The summed E-state index contributed by atoms with van der Waals surface area (Å²) >= 11 is 0. The number of hydrogen-bond donors (Lipinski definition) is 2. The number of carbonyl (C=O) groups excluding carboxylic acids is 2. The maximum absolute atomic E-state index is 14.9. The van der Waals surface area contributed by atoms with Gasteiger partial charge in [-0.1, -0.05) is 12.1 Å². The first-order valence-corrected chi connectivity index (χ1v) is 12.7. The lowest BCUT2D eigenvalue weighted by molar-refractivity contribution is -0.119. The van der Waals surface area contributed by atoms with Gasteiger partial charge in [-0.25, -0.2) is 14.0 Å². The van der Waals surface area contributed by atoms with E-state index in [4.69, 9.17) is 9.37 Å². The minimum absolute atomic E-state index is 0.0288. The van der Waals surface area contributed by atoms with Crippen LogP contribution in [0.15, 0.2) is 23.1 Å². The van der Waals surface area contributed by atoms with Gasteiger partial charge in [-0.2, -0.15) is 4.39 Å². The lowest BCUT2D eigenvalue weighted by Crippen LogP contribution is -2.50. The van der Waals surface area contributed by atoms with Gasteiger partial charge in [0.05, 0.1) is 25.5 Å². The van der Waals surface area contributed by atoms with Crippen molar-refractivity contribution in [3.63, 3.8) is 0 Å². The minimum Gasteiger partial charge on any atom is -0.481 e. The number of ether oxygens (including phenoxy) is 1. The first-order valence-electron chi connectivity index (χ1n) is 12.7. The molecule has 0 aromatic carbocycles. The Labute approximate surface area is 217 Å². The first-order chi connectivity index (χ1) is 18.3. The Morgan fingerprint density at radius 1 is 1.21 bits per heavy atom. The van der Waals surface area contributed by atoms with Crippen molar-refractivity contribution in [1.29, 1.82) is 0 Å². The molecule has 13 heteroatoms. The summed E-state index contributed by atoms with van der Waals surface area (Å²) in [6.45, 7) is 3.49. The van der Waals surface area contributed by atoms with Gasteiger partial charge in [-0.05, 0) is 68.0 Å². The fraction of sp³-hybridized carbons (Fsp3) is 0.520. The molecule has 2 fully saturated rings. The fourth-order valence-electron chi connectivity index (χ4n) is 4.97. The second kappa shape index (κ2) is 10.5. The summed E-state index contributed by atoms with van der Waals surface area (Å²) in [5, 5.41) is 16.8. The molecule has 2 saturated carbocycles. The summed E-state index contributed by atoms with van der Waals surface area (Å²) in [4.78, 5) is 30.5. The van der Waals surface area contributed by atoms with Crippen molar-refractivity contribution in [3.8, 4) is 5.88 Å². The zero-order chi connectivity index (χ0) is 27.0. The SMILES string of the molecule is CCc1nonc1C(=O)N[C@H](C(=O)Nc1cn([C@@H](C)c2cc(F)cnc2OC)nc1F)C(C1CC1)C1CC1. The lowest BCUT2D eigenvalue weighted by Gasteiger charge is -2.27. The van der Waals surface area contributed by atoms with Crippen LogP contribution in [-0.2, 0) is 11.2 Å². The van der Waals surface area contributed by atoms with Crippen LogP contribution in [0.3, 0.4) is 0 Å². The van der Waals surface area contributed by atoms with Gasteiger partial charge in [-0.15, -0.1) is 5.10 Å². The molecule has 38 heavy (non-hydrogen) atoms. The third kappa shape index (κ3) is 5.22. The molecule has 3 heterocycles. The van der Waals surface area contributed by atoms with E-state index in [-0.39, 0.29) is 23.2 Å². The molecule has 2 amide bonds. The standard InChI is InChI=1S/C25H29F2N7O4/c1-4-17-20(33-38-32-17)23(35)30-21(19(13-5-6-13)14-7-8-14)24(36)29-18-11-34(31-22(18)27)12(2)16-9-15(26)10-28-25(16)37-3/h9-14,19,21H,4-8H2,1-3H3,(H,29,36)(H,30,35)/t12-,21-/m0/s1. The van der Waals surface area contributed by atoms with Crippen molar-refractivity contribution in [3.05, 3.63) is 47.2 Å².